The molecule has 1 aromatic carbocycles. The van der Waals surface area contributed by atoms with Crippen molar-refractivity contribution in [3.8, 4) is 0 Å². The highest BCUT2D eigenvalue weighted by atomic mass is 16.3. The minimum absolute atomic E-state index is 0.112. The van der Waals surface area contributed by atoms with Crippen LogP contribution >= 0.6 is 0 Å². The minimum Gasteiger partial charge on any atom is -0.396 e. The molecule has 1 rings (SSSR count). The Kier molecular flexibility index (Phi) is 5.93. The molecule has 0 radical (unpaired) electrons. The lowest BCUT2D eigenvalue weighted by molar-refractivity contribution is -0.111. The Morgan fingerprint density at radius 3 is 1.92 bits per heavy atom. The SMILES string of the molecule is CC(C)(CC(C)(C)c1ccccc1C(C)(C)C(C)(C)CO)NC=O. The van der Waals surface area contributed by atoms with Crippen LogP contribution in [0.5, 0.6) is 0 Å². The van der Waals surface area contributed by atoms with Gasteiger partial charge in [-0.25, -0.2) is 0 Å². The summed E-state index contributed by atoms with van der Waals surface area (Å²) in [6.07, 6.45) is 1.60. The first-order valence-corrected chi connectivity index (χ1v) is 8.73. The molecule has 0 saturated heterocycles. The van der Waals surface area contributed by atoms with Crippen molar-refractivity contribution in [3.63, 3.8) is 0 Å². The van der Waals surface area contributed by atoms with Gasteiger partial charge >= 0.3 is 0 Å². The molecule has 0 atom stereocenters. The number of carbonyl (C=O) groups is 1. The van der Waals surface area contributed by atoms with Gasteiger partial charge in [0, 0.05) is 12.1 Å². The van der Waals surface area contributed by atoms with Crippen LogP contribution in [0.3, 0.4) is 0 Å². The number of hydrogen-bond acceptors (Lipinski definition) is 2. The van der Waals surface area contributed by atoms with Crippen molar-refractivity contribution < 1.29 is 9.90 Å². The summed E-state index contributed by atoms with van der Waals surface area (Å²) in [5.74, 6) is 0. The Labute approximate surface area is 147 Å². The number of aliphatic hydroxyl groups is 1. The number of carbonyl (C=O) groups excluding carboxylic acids is 1. The highest BCUT2D eigenvalue weighted by molar-refractivity contribution is 5.48. The molecule has 0 aromatic heterocycles. The van der Waals surface area contributed by atoms with Crippen LogP contribution in [0.1, 0.15) is 72.9 Å². The largest absolute Gasteiger partial charge is 0.396 e. The first-order chi connectivity index (χ1) is 10.8. The van der Waals surface area contributed by atoms with Crippen LogP contribution in [0.2, 0.25) is 0 Å². The van der Waals surface area contributed by atoms with Crippen molar-refractivity contribution in [2.45, 2.75) is 78.2 Å². The second-order valence-corrected chi connectivity index (χ2v) is 9.42. The second kappa shape index (κ2) is 6.87. The number of nitrogens with one attached hydrogen (secondary N) is 1. The third-order valence-corrected chi connectivity index (χ3v) is 5.75. The Bertz CT molecular complexity index is 571. The van der Waals surface area contributed by atoms with Crippen LogP contribution in [0.4, 0.5) is 0 Å². The van der Waals surface area contributed by atoms with Gasteiger partial charge in [-0.1, -0.05) is 65.8 Å². The van der Waals surface area contributed by atoms with Crippen LogP contribution < -0.4 is 5.32 Å². The van der Waals surface area contributed by atoms with Gasteiger partial charge in [-0.2, -0.15) is 0 Å². The molecule has 2 N–H and O–H groups in total. The van der Waals surface area contributed by atoms with E-state index < -0.39 is 0 Å². The third-order valence-electron chi connectivity index (χ3n) is 5.75. The molecule has 24 heavy (non-hydrogen) atoms. The minimum atomic E-state index is -0.283. The van der Waals surface area contributed by atoms with Gasteiger partial charge in [0.25, 0.3) is 0 Å². The van der Waals surface area contributed by atoms with Gasteiger partial charge in [0.15, 0.2) is 0 Å². The molecule has 0 spiro atoms. The summed E-state index contributed by atoms with van der Waals surface area (Å²) in [7, 11) is 0. The van der Waals surface area contributed by atoms with E-state index in [-0.39, 0.29) is 28.4 Å². The summed E-state index contributed by atoms with van der Waals surface area (Å²) < 4.78 is 0. The van der Waals surface area contributed by atoms with Crippen molar-refractivity contribution >= 4 is 6.41 Å². The molecule has 136 valence electrons. The molecule has 0 bridgehead atoms. The zero-order valence-electron chi connectivity index (χ0n) is 16.7. The Morgan fingerprint density at radius 1 is 0.958 bits per heavy atom. The Morgan fingerprint density at radius 2 is 1.46 bits per heavy atom. The number of aliphatic hydroxyl groups excluding tert-OH is 1. The van der Waals surface area contributed by atoms with Crippen LogP contribution in [0.25, 0.3) is 0 Å². The molecule has 0 aliphatic heterocycles. The van der Waals surface area contributed by atoms with Crippen molar-refractivity contribution in [3.05, 3.63) is 35.4 Å². The van der Waals surface area contributed by atoms with E-state index in [1.54, 1.807) is 0 Å². The fourth-order valence-electron chi connectivity index (χ4n) is 3.59. The first-order valence-electron chi connectivity index (χ1n) is 8.73. The summed E-state index contributed by atoms with van der Waals surface area (Å²) in [6.45, 7) is 17.3. The van der Waals surface area contributed by atoms with Gasteiger partial charge in [0.1, 0.15) is 0 Å². The smallest absolute Gasteiger partial charge is 0.207 e. The fraction of sp³-hybridized carbons (Fsp3) is 0.667. The zero-order valence-corrected chi connectivity index (χ0v) is 16.7. The number of amides is 1. The summed E-state index contributed by atoms with van der Waals surface area (Å²) in [4.78, 5) is 10.9. The van der Waals surface area contributed by atoms with Crippen molar-refractivity contribution in [1.29, 1.82) is 0 Å². The van der Waals surface area contributed by atoms with Gasteiger partial charge in [0.2, 0.25) is 6.41 Å². The lowest BCUT2D eigenvalue weighted by Gasteiger charge is -2.45. The molecule has 0 unspecified atom stereocenters. The van der Waals surface area contributed by atoms with Gasteiger partial charge in [0.05, 0.1) is 0 Å². The maximum Gasteiger partial charge on any atom is 0.207 e. The number of rotatable bonds is 8. The summed E-state index contributed by atoms with van der Waals surface area (Å²) >= 11 is 0. The predicted octanol–water partition coefficient (Wildman–Crippen LogP) is 4.18. The molecular formula is C21H35NO2. The van der Waals surface area contributed by atoms with Gasteiger partial charge in [-0.3, -0.25) is 4.79 Å². The monoisotopic (exact) mass is 333 g/mol. The van der Waals surface area contributed by atoms with E-state index in [1.165, 1.54) is 11.1 Å². The maximum absolute atomic E-state index is 10.9. The van der Waals surface area contributed by atoms with Crippen molar-refractivity contribution in [2.75, 3.05) is 6.61 Å². The zero-order chi connectivity index (χ0) is 18.8. The van der Waals surface area contributed by atoms with Crippen molar-refractivity contribution in [1.82, 2.24) is 5.32 Å². The van der Waals surface area contributed by atoms with Gasteiger partial charge in [-0.15, -0.1) is 0 Å². The van der Waals surface area contributed by atoms with Crippen molar-refractivity contribution in [2.24, 2.45) is 5.41 Å². The molecule has 1 aromatic rings. The van der Waals surface area contributed by atoms with E-state index in [9.17, 15) is 9.90 Å². The summed E-state index contributed by atoms with van der Waals surface area (Å²) in [5.41, 5.74) is 1.72. The average Bonchev–Trinajstić information content (AvgIpc) is 2.45. The van der Waals surface area contributed by atoms with E-state index in [0.29, 0.717) is 0 Å². The number of hydrogen-bond donors (Lipinski definition) is 2. The maximum atomic E-state index is 10.9. The topological polar surface area (TPSA) is 49.3 Å². The average molecular weight is 334 g/mol. The highest BCUT2D eigenvalue weighted by Gasteiger charge is 2.41. The second-order valence-electron chi connectivity index (χ2n) is 9.42. The van der Waals surface area contributed by atoms with E-state index in [0.717, 1.165) is 12.8 Å². The first kappa shape index (κ1) is 20.7. The Hall–Kier alpha value is -1.35. The molecule has 0 aliphatic rings. The number of benzene rings is 1. The lowest BCUT2D eigenvalue weighted by Crippen LogP contribution is -2.45. The predicted molar refractivity (Wildman–Crippen MR) is 101 cm³/mol. The molecular weight excluding hydrogens is 298 g/mol. The normalized spacial score (nSPS) is 13.7. The quantitative estimate of drug-likeness (QED) is 0.701. The Balaban J connectivity index is 3.39. The van der Waals surface area contributed by atoms with Gasteiger partial charge in [-0.05, 0) is 47.6 Å². The molecule has 3 nitrogen and oxygen atoms in total. The molecule has 0 heterocycles. The molecule has 1 amide bonds. The molecule has 0 fully saturated rings. The van der Waals surface area contributed by atoms with Crippen LogP contribution in [-0.2, 0) is 15.6 Å². The van der Waals surface area contributed by atoms with E-state index in [2.05, 4.69) is 85.0 Å². The fourth-order valence-corrected chi connectivity index (χ4v) is 3.59. The molecule has 0 saturated carbocycles. The van der Waals surface area contributed by atoms with E-state index >= 15 is 0 Å². The van der Waals surface area contributed by atoms with Crippen LogP contribution in [0, 0.1) is 5.41 Å². The third kappa shape index (κ3) is 4.18. The van der Waals surface area contributed by atoms with E-state index in [4.69, 9.17) is 0 Å². The summed E-state index contributed by atoms with van der Waals surface area (Å²) in [6, 6.07) is 8.50. The highest BCUT2D eigenvalue weighted by Crippen LogP contribution is 2.46. The van der Waals surface area contributed by atoms with E-state index in [1.807, 2.05) is 0 Å². The lowest BCUT2D eigenvalue weighted by atomic mass is 9.60. The summed E-state index contributed by atoms with van der Waals surface area (Å²) in [5, 5.41) is 12.8. The van der Waals surface area contributed by atoms with Gasteiger partial charge < -0.3 is 10.4 Å². The molecule has 0 aliphatic carbocycles. The van der Waals surface area contributed by atoms with Crippen LogP contribution in [0.15, 0.2) is 24.3 Å². The van der Waals surface area contributed by atoms with Crippen LogP contribution in [-0.4, -0.2) is 23.7 Å². The molecule has 3 heteroatoms. The standard InChI is InChI=1S/C21H35NO2/c1-18(2,13-20(5,6)22-15-24)16-11-9-10-12-17(16)21(7,8)19(3,4)14-23/h9-12,15,23H,13-14H2,1-8H3,(H,22,24).